The number of aliphatic hydroxyl groups excluding tert-OH is 1. The highest BCUT2D eigenvalue weighted by Crippen LogP contribution is 2.31. The molecular formula is C29H34N6O5S. The second-order valence-corrected chi connectivity index (χ2v) is 11.4. The van der Waals surface area contributed by atoms with Crippen LogP contribution < -0.4 is 20.6 Å². The lowest BCUT2D eigenvalue weighted by molar-refractivity contribution is -0.113. The molecule has 6 rings (SSSR count). The predicted octanol–water partition coefficient (Wildman–Crippen LogP) is 2.16. The largest absolute Gasteiger partial charge is 0.489 e. The summed E-state index contributed by atoms with van der Waals surface area (Å²) < 4.78 is 11.2. The minimum atomic E-state index is -0.670. The van der Waals surface area contributed by atoms with Crippen LogP contribution in [0.5, 0.6) is 5.75 Å². The van der Waals surface area contributed by atoms with Crippen molar-refractivity contribution >= 4 is 45.6 Å². The van der Waals surface area contributed by atoms with Crippen LogP contribution in [0.15, 0.2) is 57.2 Å². The Kier molecular flexibility index (Phi) is 8.42. The van der Waals surface area contributed by atoms with Crippen molar-refractivity contribution in [3.8, 4) is 5.75 Å². The number of aliphatic hydroxyl groups is 1. The van der Waals surface area contributed by atoms with E-state index in [9.17, 15) is 14.7 Å². The van der Waals surface area contributed by atoms with Gasteiger partial charge >= 0.3 is 5.69 Å². The van der Waals surface area contributed by atoms with Gasteiger partial charge < -0.3 is 39.7 Å². The van der Waals surface area contributed by atoms with E-state index in [-0.39, 0.29) is 18.2 Å². The molecule has 11 nitrogen and oxygen atoms in total. The smallest absolute Gasteiger partial charge is 0.323 e. The Labute approximate surface area is 241 Å². The van der Waals surface area contributed by atoms with E-state index in [1.165, 1.54) is 11.8 Å². The molecule has 2 saturated heterocycles. The molecule has 41 heavy (non-hydrogen) atoms. The first-order valence-electron chi connectivity index (χ1n) is 14.0. The zero-order valence-electron chi connectivity index (χ0n) is 22.7. The Hall–Kier alpha value is -3.58. The number of ether oxygens (including phenoxy) is 2. The summed E-state index contributed by atoms with van der Waals surface area (Å²) in [6, 6.07) is 14.0. The number of fused-ring (bicyclic) bond motifs is 1. The van der Waals surface area contributed by atoms with Gasteiger partial charge in [0.2, 0.25) is 0 Å². The fourth-order valence-corrected chi connectivity index (χ4v) is 6.23. The summed E-state index contributed by atoms with van der Waals surface area (Å²) in [7, 11) is 0. The average molecular weight is 579 g/mol. The van der Waals surface area contributed by atoms with Crippen molar-refractivity contribution in [1.82, 2.24) is 20.2 Å². The summed E-state index contributed by atoms with van der Waals surface area (Å²) >= 11 is 1.44. The van der Waals surface area contributed by atoms with Crippen LogP contribution >= 0.6 is 11.8 Å². The fraction of sp³-hybridized carbons (Fsp3) is 0.414. The van der Waals surface area contributed by atoms with Gasteiger partial charge in [0.15, 0.2) is 5.17 Å². The summed E-state index contributed by atoms with van der Waals surface area (Å²) in [6.45, 7) is 5.24. The van der Waals surface area contributed by atoms with Gasteiger partial charge in [-0.15, -0.1) is 0 Å². The van der Waals surface area contributed by atoms with E-state index in [0.29, 0.717) is 47.5 Å². The third kappa shape index (κ3) is 6.67. The summed E-state index contributed by atoms with van der Waals surface area (Å²) in [5.41, 5.74) is 3.13. The molecule has 0 saturated carbocycles. The zero-order valence-corrected chi connectivity index (χ0v) is 23.5. The molecule has 0 aliphatic carbocycles. The zero-order chi connectivity index (χ0) is 28.2. The predicted molar refractivity (Wildman–Crippen MR) is 161 cm³/mol. The number of carbonyl (C=O) groups excluding carboxylic acids is 1. The number of benzene rings is 2. The van der Waals surface area contributed by atoms with Crippen molar-refractivity contribution in [2.75, 3.05) is 57.4 Å². The minimum Gasteiger partial charge on any atom is -0.489 e. The first kappa shape index (κ1) is 27.6. The number of imidazole rings is 1. The third-order valence-electron chi connectivity index (χ3n) is 7.53. The number of nitrogens with zero attached hydrogens (tertiary/aromatic N) is 3. The lowest BCUT2D eigenvalue weighted by Crippen LogP contribution is -2.45. The molecule has 3 aliphatic rings. The quantitative estimate of drug-likeness (QED) is 0.297. The van der Waals surface area contributed by atoms with E-state index in [4.69, 9.17) is 9.47 Å². The number of para-hydroxylation sites is 1. The number of thioether (sulfide) groups is 1. The van der Waals surface area contributed by atoms with Crippen LogP contribution in [0.1, 0.15) is 18.4 Å². The van der Waals surface area contributed by atoms with E-state index in [1.54, 1.807) is 18.2 Å². The fourth-order valence-electron chi connectivity index (χ4n) is 5.26. The van der Waals surface area contributed by atoms with Crippen LogP contribution in [0.2, 0.25) is 0 Å². The molecular weight excluding hydrogens is 544 g/mol. The monoisotopic (exact) mass is 578 g/mol. The molecule has 1 atom stereocenters. The maximum Gasteiger partial charge on any atom is 0.323 e. The number of piperidine rings is 1. The van der Waals surface area contributed by atoms with Crippen LogP contribution in [0.3, 0.4) is 0 Å². The van der Waals surface area contributed by atoms with Crippen LogP contribution in [0, 0.1) is 0 Å². The van der Waals surface area contributed by atoms with Crippen molar-refractivity contribution in [2.24, 2.45) is 4.99 Å². The number of amides is 1. The number of H-pyrrole nitrogens is 2. The van der Waals surface area contributed by atoms with Crippen molar-refractivity contribution in [1.29, 1.82) is 0 Å². The van der Waals surface area contributed by atoms with Crippen LogP contribution in [-0.4, -0.2) is 95.7 Å². The number of aromatic nitrogens is 2. The Balaban J connectivity index is 0.940. The number of aliphatic imine (C=N–C) groups is 1. The summed E-state index contributed by atoms with van der Waals surface area (Å²) in [5.74, 6) is 0.358. The number of carbonyl (C=O) groups is 1. The molecule has 3 aliphatic heterocycles. The molecule has 0 spiro atoms. The van der Waals surface area contributed by atoms with Gasteiger partial charge in [0, 0.05) is 44.5 Å². The summed E-state index contributed by atoms with van der Waals surface area (Å²) in [4.78, 5) is 38.8. The van der Waals surface area contributed by atoms with Crippen LogP contribution in [0.4, 0.5) is 5.69 Å². The number of morpholine rings is 1. The van der Waals surface area contributed by atoms with Crippen LogP contribution in [0.25, 0.3) is 17.1 Å². The van der Waals surface area contributed by atoms with E-state index >= 15 is 0 Å². The minimum absolute atomic E-state index is 0.130. The Morgan fingerprint density at radius 1 is 1.07 bits per heavy atom. The maximum absolute atomic E-state index is 12.4. The molecule has 2 aromatic carbocycles. The molecule has 1 aromatic heterocycles. The van der Waals surface area contributed by atoms with Crippen molar-refractivity contribution in [2.45, 2.75) is 25.0 Å². The van der Waals surface area contributed by atoms with Gasteiger partial charge in [-0.05, 0) is 60.5 Å². The number of amidine groups is 1. The van der Waals surface area contributed by atoms with Crippen LogP contribution in [-0.2, 0) is 9.53 Å². The number of anilines is 1. The second kappa shape index (κ2) is 12.5. The lowest BCUT2D eigenvalue weighted by Gasteiger charge is -2.34. The van der Waals surface area contributed by atoms with Gasteiger partial charge in [0.25, 0.3) is 5.91 Å². The third-order valence-corrected chi connectivity index (χ3v) is 8.57. The maximum atomic E-state index is 12.4. The van der Waals surface area contributed by atoms with Gasteiger partial charge in [-0.2, -0.15) is 4.99 Å². The Morgan fingerprint density at radius 3 is 2.63 bits per heavy atom. The highest BCUT2D eigenvalue weighted by molar-refractivity contribution is 8.18. The van der Waals surface area contributed by atoms with Gasteiger partial charge in [-0.3, -0.25) is 4.79 Å². The summed E-state index contributed by atoms with van der Waals surface area (Å²) in [6.07, 6.45) is 3.18. The standard InChI is InChI=1S/C29H34N6O5S/c36-22(18-40-24-3-1-2-23-26(24)32-28(38)31-23)17-30-20-8-10-34(11-9-20)21-6-4-19(5-7-21)16-25-27(37)33-29(41-25)35-12-14-39-15-13-35/h1-7,16,20,22,30,36H,8-15,17-18H2,(H2,31,32,38)/b25-16+/t22-/m0/s1. The lowest BCUT2D eigenvalue weighted by atomic mass is 10.0. The number of aromatic amines is 2. The molecule has 3 aromatic rings. The Morgan fingerprint density at radius 2 is 1.85 bits per heavy atom. The molecule has 12 heteroatoms. The molecule has 0 unspecified atom stereocenters. The average Bonchev–Trinajstić information content (AvgIpc) is 3.57. The number of nitrogens with one attached hydrogen (secondary N) is 3. The highest BCUT2D eigenvalue weighted by Gasteiger charge is 2.27. The van der Waals surface area contributed by atoms with Crippen molar-refractivity contribution in [3.05, 3.63) is 63.4 Å². The van der Waals surface area contributed by atoms with Gasteiger partial charge in [0.05, 0.1) is 23.6 Å². The molecule has 2 fully saturated rings. The van der Waals surface area contributed by atoms with Crippen molar-refractivity contribution < 1.29 is 19.4 Å². The first-order chi connectivity index (χ1) is 20.0. The van der Waals surface area contributed by atoms with Crippen molar-refractivity contribution in [3.63, 3.8) is 0 Å². The topological polar surface area (TPSA) is 135 Å². The number of rotatable bonds is 8. The van der Waals surface area contributed by atoms with E-state index < -0.39 is 6.10 Å². The number of hydrogen-bond acceptors (Lipinski definition) is 9. The van der Waals surface area contributed by atoms with Gasteiger partial charge in [0.1, 0.15) is 24.0 Å². The molecule has 4 heterocycles. The Bertz CT molecular complexity index is 1490. The molecule has 4 N–H and O–H groups in total. The first-order valence-corrected chi connectivity index (χ1v) is 14.8. The van der Waals surface area contributed by atoms with E-state index in [0.717, 1.165) is 55.4 Å². The molecule has 1 amide bonds. The highest BCUT2D eigenvalue weighted by atomic mass is 32.2. The normalized spacial score (nSPS) is 20.2. The van der Waals surface area contributed by atoms with Gasteiger partial charge in [-0.25, -0.2) is 4.79 Å². The second-order valence-electron chi connectivity index (χ2n) is 10.4. The van der Waals surface area contributed by atoms with E-state index in [1.807, 2.05) is 18.2 Å². The van der Waals surface area contributed by atoms with Gasteiger partial charge in [-0.1, -0.05) is 18.2 Å². The molecule has 0 bridgehead atoms. The van der Waals surface area contributed by atoms with E-state index in [2.05, 4.69) is 42.2 Å². The SMILES string of the molecule is O=C1N=C(N2CCOCC2)S/C1=C/c1ccc(N2CCC(NC[C@H](O)COc3cccc4[nH]c(=O)[nH]c34)CC2)cc1. The summed E-state index contributed by atoms with van der Waals surface area (Å²) in [5, 5.41) is 14.7. The molecule has 216 valence electrons. The molecule has 0 radical (unpaired) electrons. The number of hydrogen-bond donors (Lipinski definition) is 4.